The van der Waals surface area contributed by atoms with Gasteiger partial charge in [0.1, 0.15) is 17.6 Å². The first-order valence-corrected chi connectivity index (χ1v) is 6.77. The zero-order valence-electron chi connectivity index (χ0n) is 7.95. The maximum absolute atomic E-state index is 10.4. The fourth-order valence-corrected chi connectivity index (χ4v) is 2.84. The second-order valence-electron chi connectivity index (χ2n) is 3.32. The minimum absolute atomic E-state index is 0.545. The monoisotopic (exact) mass is 276 g/mol. The van der Waals surface area contributed by atoms with Crippen molar-refractivity contribution in [2.45, 2.75) is 29.0 Å². The van der Waals surface area contributed by atoms with Gasteiger partial charge >= 0.3 is 7.82 Å². The second kappa shape index (κ2) is 5.30. The van der Waals surface area contributed by atoms with E-state index >= 15 is 0 Å². The lowest BCUT2D eigenvalue weighted by atomic mass is 10.0. The van der Waals surface area contributed by atoms with Crippen LogP contribution in [0, 0.1) is 0 Å². The van der Waals surface area contributed by atoms with Crippen molar-refractivity contribution in [1.82, 2.24) is 0 Å². The summed E-state index contributed by atoms with van der Waals surface area (Å²) in [5.41, 5.74) is -1.34. The highest BCUT2D eigenvalue weighted by atomic mass is 32.2. The summed E-state index contributed by atoms with van der Waals surface area (Å²) >= 11 is 0.674. The summed E-state index contributed by atoms with van der Waals surface area (Å²) in [5, 5.41) is 36.3. The molecule has 0 bridgehead atoms. The second-order valence-corrected chi connectivity index (χ2v) is 5.92. The molecule has 1 aliphatic heterocycles. The molecular weight excluding hydrogens is 263 g/mol. The Labute approximate surface area is 95.1 Å². The largest absolute Gasteiger partial charge is 0.469 e. The van der Waals surface area contributed by atoms with Crippen molar-refractivity contribution in [3.8, 4) is 0 Å². The molecule has 0 saturated carbocycles. The highest BCUT2D eigenvalue weighted by Gasteiger charge is 2.43. The van der Waals surface area contributed by atoms with E-state index in [4.69, 9.17) is 9.79 Å². The fourth-order valence-electron chi connectivity index (χ4n) is 1.24. The Morgan fingerprint density at radius 1 is 1.06 bits per heavy atom. The molecule has 0 aromatic rings. The maximum Gasteiger partial charge on any atom is 0.469 e. The van der Waals surface area contributed by atoms with Crippen LogP contribution < -0.4 is 0 Å². The quantitative estimate of drug-likeness (QED) is 0.310. The van der Waals surface area contributed by atoms with Crippen LogP contribution in [-0.4, -0.2) is 65.8 Å². The number of aliphatic hydroxyl groups excluding tert-OH is 4. The van der Waals surface area contributed by atoms with Gasteiger partial charge < -0.3 is 30.2 Å². The minimum atomic E-state index is -4.66. The third-order valence-corrected chi connectivity index (χ3v) is 3.90. The average Bonchev–Trinajstić information content (AvgIpc) is 2.17. The summed E-state index contributed by atoms with van der Waals surface area (Å²) in [5.74, 6) is 0. The van der Waals surface area contributed by atoms with E-state index in [2.05, 4.69) is 4.52 Å². The van der Waals surface area contributed by atoms with E-state index in [1.54, 1.807) is 0 Å². The molecule has 1 aliphatic rings. The van der Waals surface area contributed by atoms with E-state index in [9.17, 15) is 25.0 Å². The molecule has 1 rings (SSSR count). The van der Waals surface area contributed by atoms with Crippen LogP contribution >= 0.6 is 19.6 Å². The van der Waals surface area contributed by atoms with Crippen LogP contribution in [0.1, 0.15) is 0 Å². The molecule has 1 heterocycles. The van der Waals surface area contributed by atoms with E-state index in [1.165, 1.54) is 0 Å². The Morgan fingerprint density at radius 3 is 2.12 bits per heavy atom. The Balaban J connectivity index is 2.57. The predicted octanol–water partition coefficient (Wildman–Crippen LogP) is -2.39. The lowest BCUT2D eigenvalue weighted by molar-refractivity contribution is -0.0951. The van der Waals surface area contributed by atoms with E-state index in [-0.39, 0.29) is 0 Å². The van der Waals surface area contributed by atoms with Crippen LogP contribution in [0.5, 0.6) is 0 Å². The Kier molecular flexibility index (Phi) is 4.76. The van der Waals surface area contributed by atoms with Gasteiger partial charge in [-0.1, -0.05) is 0 Å². The van der Waals surface area contributed by atoms with Gasteiger partial charge in [-0.25, -0.2) is 4.57 Å². The highest BCUT2D eigenvalue weighted by Crippen LogP contribution is 2.39. The Morgan fingerprint density at radius 2 is 1.62 bits per heavy atom. The van der Waals surface area contributed by atoms with E-state index < -0.39 is 43.4 Å². The zero-order valence-corrected chi connectivity index (χ0v) is 9.66. The molecular formula is C6H13O8PS. The van der Waals surface area contributed by atoms with Crippen molar-refractivity contribution in [3.63, 3.8) is 0 Å². The lowest BCUT2D eigenvalue weighted by Crippen LogP contribution is -2.54. The molecule has 1 unspecified atom stereocenters. The summed E-state index contributed by atoms with van der Waals surface area (Å²) in [6.07, 6.45) is -4.53. The fraction of sp³-hybridized carbons (Fsp3) is 1.00. The average molecular weight is 276 g/mol. The van der Waals surface area contributed by atoms with Crippen molar-refractivity contribution in [3.05, 3.63) is 0 Å². The number of aliphatic hydroxyl groups is 4. The Bertz CT molecular complexity index is 282. The van der Waals surface area contributed by atoms with Gasteiger partial charge in [0, 0.05) is 0 Å². The van der Waals surface area contributed by atoms with Gasteiger partial charge in [0.05, 0.1) is 18.0 Å². The molecule has 6 N–H and O–H groups in total. The number of phosphoric acid groups is 1. The SMILES string of the molecule is O=P(O)(O)OC[C@H]1SC(O)[C@H](O)[C@@H](O)[C@@H]1O. The third kappa shape index (κ3) is 3.66. The normalized spacial score (nSPS) is 41.0. The van der Waals surface area contributed by atoms with Gasteiger partial charge in [-0.2, -0.15) is 0 Å². The van der Waals surface area contributed by atoms with Crippen molar-refractivity contribution >= 4 is 19.6 Å². The first kappa shape index (κ1) is 14.4. The van der Waals surface area contributed by atoms with E-state index in [0.29, 0.717) is 11.8 Å². The van der Waals surface area contributed by atoms with Gasteiger partial charge in [-0.3, -0.25) is 4.52 Å². The summed E-state index contributed by atoms with van der Waals surface area (Å²) < 4.78 is 14.6. The lowest BCUT2D eigenvalue weighted by Gasteiger charge is -2.37. The van der Waals surface area contributed by atoms with Crippen LogP contribution in [0.2, 0.25) is 0 Å². The zero-order chi connectivity index (χ0) is 12.5. The molecule has 1 saturated heterocycles. The molecule has 1 fully saturated rings. The number of hydrogen-bond acceptors (Lipinski definition) is 7. The van der Waals surface area contributed by atoms with Gasteiger partial charge in [-0.05, 0) is 0 Å². The summed E-state index contributed by atoms with van der Waals surface area (Å²) in [7, 11) is -4.66. The van der Waals surface area contributed by atoms with E-state index in [1.807, 2.05) is 0 Å². The van der Waals surface area contributed by atoms with Gasteiger partial charge in [0.25, 0.3) is 0 Å². The number of thioether (sulfide) groups is 1. The molecule has 16 heavy (non-hydrogen) atoms. The molecule has 0 spiro atoms. The Hall–Kier alpha value is 0.300. The van der Waals surface area contributed by atoms with Crippen LogP contribution in [-0.2, 0) is 9.09 Å². The summed E-state index contributed by atoms with van der Waals surface area (Å²) in [6.45, 7) is -0.545. The van der Waals surface area contributed by atoms with Crippen LogP contribution in [0.25, 0.3) is 0 Å². The van der Waals surface area contributed by atoms with Crippen molar-refractivity contribution in [2.75, 3.05) is 6.61 Å². The minimum Gasteiger partial charge on any atom is -0.389 e. The molecule has 0 aliphatic carbocycles. The molecule has 0 aromatic carbocycles. The van der Waals surface area contributed by atoms with Crippen molar-refractivity contribution in [1.29, 1.82) is 0 Å². The van der Waals surface area contributed by atoms with Crippen LogP contribution in [0.3, 0.4) is 0 Å². The van der Waals surface area contributed by atoms with Crippen molar-refractivity contribution in [2.24, 2.45) is 0 Å². The van der Waals surface area contributed by atoms with Crippen LogP contribution in [0.4, 0.5) is 0 Å². The highest BCUT2D eigenvalue weighted by molar-refractivity contribution is 8.00. The van der Waals surface area contributed by atoms with Crippen molar-refractivity contribution < 1.29 is 39.3 Å². The molecule has 8 nitrogen and oxygen atoms in total. The van der Waals surface area contributed by atoms with Crippen LogP contribution in [0.15, 0.2) is 0 Å². The number of rotatable bonds is 3. The standard InChI is InChI=1S/C6H13O8PS/c7-3-2(1-14-15(11,12)13)16-6(10)5(9)4(3)8/h2-10H,1H2,(H2,11,12,13)/t2-,3-,4+,5-,6?/m1/s1. The number of hydrogen-bond donors (Lipinski definition) is 6. The summed E-state index contributed by atoms with van der Waals surface area (Å²) in [6, 6.07) is 0. The van der Waals surface area contributed by atoms with Gasteiger partial charge in [0.2, 0.25) is 0 Å². The first-order valence-electron chi connectivity index (χ1n) is 4.30. The first-order chi connectivity index (χ1) is 7.22. The predicted molar refractivity (Wildman–Crippen MR) is 53.4 cm³/mol. The summed E-state index contributed by atoms with van der Waals surface area (Å²) in [4.78, 5) is 16.9. The number of phosphoric ester groups is 1. The molecule has 10 heteroatoms. The van der Waals surface area contributed by atoms with Gasteiger partial charge in [0.15, 0.2) is 0 Å². The molecule has 0 radical (unpaired) electrons. The molecule has 0 amide bonds. The maximum atomic E-state index is 10.4. The van der Waals surface area contributed by atoms with Gasteiger partial charge in [-0.15, -0.1) is 11.8 Å². The van der Waals surface area contributed by atoms with E-state index in [0.717, 1.165) is 0 Å². The third-order valence-electron chi connectivity index (χ3n) is 2.09. The molecule has 5 atom stereocenters. The smallest absolute Gasteiger partial charge is 0.389 e. The molecule has 96 valence electrons. The topological polar surface area (TPSA) is 148 Å². The molecule has 0 aromatic heterocycles.